The van der Waals surface area contributed by atoms with Crippen LogP contribution in [0.25, 0.3) is 0 Å². The van der Waals surface area contributed by atoms with E-state index >= 15 is 0 Å². The zero-order valence-corrected chi connectivity index (χ0v) is 37.6. The Kier molecular flexibility index (Phi) is 13.4. The van der Waals surface area contributed by atoms with Crippen LogP contribution in [0.5, 0.6) is 0 Å². The fourth-order valence-electron chi connectivity index (χ4n) is 14.0. The van der Waals surface area contributed by atoms with Crippen molar-refractivity contribution in [2.45, 2.75) is 228 Å². The third-order valence-electron chi connectivity index (χ3n) is 17.5. The van der Waals surface area contributed by atoms with Crippen LogP contribution in [0.4, 0.5) is 0 Å². The summed E-state index contributed by atoms with van der Waals surface area (Å²) in [6, 6.07) is 0. The quantitative estimate of drug-likeness (QED) is 0.102. The molecular weight excluding hydrogens is 824 g/mol. The highest BCUT2D eigenvalue weighted by Crippen LogP contribution is 2.72. The van der Waals surface area contributed by atoms with Gasteiger partial charge in [0.15, 0.2) is 6.29 Å². The lowest BCUT2D eigenvalue weighted by Gasteiger charge is -2.67. The van der Waals surface area contributed by atoms with Gasteiger partial charge in [-0.3, -0.25) is 4.79 Å². The highest BCUT2D eigenvalue weighted by molar-refractivity contribution is 5.77. The molecule has 6 heterocycles. The summed E-state index contributed by atoms with van der Waals surface area (Å²) in [5, 5.41) is 96.2. The second-order valence-electron chi connectivity index (χ2n) is 21.5. The third-order valence-corrected chi connectivity index (χ3v) is 17.5. The van der Waals surface area contributed by atoms with Gasteiger partial charge in [0.1, 0.15) is 36.6 Å². The first-order valence-electron chi connectivity index (χ1n) is 23.5. The molecule has 9 aliphatic rings. The van der Waals surface area contributed by atoms with Gasteiger partial charge >= 0.3 is 5.97 Å². The van der Waals surface area contributed by atoms with Crippen molar-refractivity contribution in [2.75, 3.05) is 6.61 Å². The van der Waals surface area contributed by atoms with Gasteiger partial charge in [-0.05, 0) is 102 Å². The van der Waals surface area contributed by atoms with Crippen molar-refractivity contribution in [3.63, 3.8) is 0 Å². The molecule has 9 fully saturated rings. The average Bonchev–Trinajstić information content (AvgIpc) is 3.42. The van der Waals surface area contributed by atoms with Crippen LogP contribution in [0.2, 0.25) is 0 Å². The van der Waals surface area contributed by atoms with Crippen molar-refractivity contribution >= 4 is 5.97 Å². The predicted octanol–water partition coefficient (Wildman–Crippen LogP) is 0.732. The number of esters is 1. The lowest BCUT2D eigenvalue weighted by atomic mass is 9.40. The lowest BCUT2D eigenvalue weighted by Crippen LogP contribution is -2.74. The van der Waals surface area contributed by atoms with E-state index < -0.39 is 151 Å². The number of aliphatic hydroxyl groups excluding tert-OH is 9. The van der Waals surface area contributed by atoms with E-state index in [1.807, 2.05) is 13.8 Å². The molecule has 3 aliphatic carbocycles. The molecule has 17 nitrogen and oxygen atoms in total. The van der Waals surface area contributed by atoms with Crippen LogP contribution in [-0.2, 0) is 38.0 Å². The molecule has 63 heavy (non-hydrogen) atoms. The van der Waals surface area contributed by atoms with Crippen LogP contribution >= 0.6 is 0 Å². The highest BCUT2D eigenvalue weighted by atomic mass is 16.7. The molecule has 0 aromatic carbocycles. The summed E-state index contributed by atoms with van der Waals surface area (Å²) in [4.78, 5) is 14.5. The topological polar surface area (TPSA) is 264 Å². The summed E-state index contributed by atoms with van der Waals surface area (Å²) in [7, 11) is 0. The summed E-state index contributed by atoms with van der Waals surface area (Å²) in [5.74, 6) is -1.20. The van der Waals surface area contributed by atoms with Gasteiger partial charge in [-0.25, -0.2) is 0 Å². The molecule has 25 atom stereocenters. The number of ether oxygens (including phenoxy) is 7. The Morgan fingerprint density at radius 2 is 1.43 bits per heavy atom. The van der Waals surface area contributed by atoms with E-state index in [1.165, 1.54) is 6.92 Å². The smallest absolute Gasteiger partial charge is 0.314 e. The van der Waals surface area contributed by atoms with Crippen molar-refractivity contribution in [1.29, 1.82) is 0 Å². The van der Waals surface area contributed by atoms with Crippen LogP contribution in [0, 0.1) is 34.0 Å². The minimum Gasteiger partial charge on any atom is -0.432 e. The molecule has 0 aromatic heterocycles. The summed E-state index contributed by atoms with van der Waals surface area (Å²) in [5.41, 5.74) is -1.78. The number of hydrogen-bond acceptors (Lipinski definition) is 17. The molecule has 360 valence electrons. The zero-order chi connectivity index (χ0) is 45.7. The first-order chi connectivity index (χ1) is 29.6. The molecule has 2 bridgehead atoms. The number of hydrogen-bond donors (Lipinski definition) is 9. The van der Waals surface area contributed by atoms with Crippen molar-refractivity contribution in [2.24, 2.45) is 34.0 Å². The molecule has 17 heteroatoms. The highest BCUT2D eigenvalue weighted by Gasteiger charge is 2.72. The van der Waals surface area contributed by atoms with E-state index in [-0.39, 0.29) is 31.1 Å². The molecule has 0 aromatic rings. The SMILES string of the molecule is C=C1C[C@@]23CC[C@H]4[C@@](C)(CCC[C@@]4(C)C(=O)OC4OC(C)CC(O)C4O)[C@@H]2CC[C@@]1(C)O[C@@H]3C1OC(CO)C2C(CC(O)C(O)C(O)C(C)O)OC2C1OC1OC(C)CC(O)C1O. The zero-order valence-electron chi connectivity index (χ0n) is 37.6. The minimum absolute atomic E-state index is 0.0273. The predicted molar refractivity (Wildman–Crippen MR) is 220 cm³/mol. The number of rotatable bonds is 11. The Labute approximate surface area is 370 Å². The van der Waals surface area contributed by atoms with E-state index in [2.05, 4.69) is 13.5 Å². The van der Waals surface area contributed by atoms with Crippen LogP contribution in [0.3, 0.4) is 0 Å². The fourth-order valence-corrected chi connectivity index (χ4v) is 14.0. The summed E-state index contributed by atoms with van der Waals surface area (Å²) in [6.07, 6.45) is -13.8. The summed E-state index contributed by atoms with van der Waals surface area (Å²) in [6.45, 7) is 15.3. The molecule has 9 N–H and O–H groups in total. The Morgan fingerprint density at radius 1 is 0.810 bits per heavy atom. The monoisotopic (exact) mass is 898 g/mol. The van der Waals surface area contributed by atoms with Crippen molar-refractivity contribution < 1.29 is 83.9 Å². The average molecular weight is 899 g/mol. The van der Waals surface area contributed by atoms with Crippen molar-refractivity contribution in [3.05, 3.63) is 12.2 Å². The Morgan fingerprint density at radius 3 is 2.08 bits per heavy atom. The number of aliphatic hydroxyl groups is 9. The molecule has 3 saturated carbocycles. The van der Waals surface area contributed by atoms with Crippen molar-refractivity contribution in [3.8, 4) is 0 Å². The van der Waals surface area contributed by atoms with E-state index in [9.17, 15) is 50.8 Å². The summed E-state index contributed by atoms with van der Waals surface area (Å²) < 4.78 is 45.6. The first kappa shape index (κ1) is 48.1. The van der Waals surface area contributed by atoms with E-state index in [1.54, 1.807) is 13.8 Å². The number of carbonyl (C=O) groups is 1. The van der Waals surface area contributed by atoms with Crippen LogP contribution < -0.4 is 0 Å². The third kappa shape index (κ3) is 8.07. The van der Waals surface area contributed by atoms with Gasteiger partial charge in [0.2, 0.25) is 6.29 Å². The second-order valence-corrected chi connectivity index (χ2v) is 21.5. The van der Waals surface area contributed by atoms with E-state index in [0.29, 0.717) is 32.1 Å². The van der Waals surface area contributed by atoms with Gasteiger partial charge in [0, 0.05) is 30.6 Å². The molecule has 0 radical (unpaired) electrons. The lowest BCUT2D eigenvalue weighted by molar-refractivity contribution is -0.385. The maximum Gasteiger partial charge on any atom is 0.314 e. The number of fused-ring (bicyclic) bond motifs is 5. The minimum atomic E-state index is -1.68. The largest absolute Gasteiger partial charge is 0.432 e. The standard InChI is InChI=1S/C46H74O17/c1-20-18-46-14-10-29-43(5,11-8-12-44(29,6)42(56)62-41-35(55)25(50)16-22(3)58-41)30(46)9-13-45(20,7)63-39(46)38-37(61-40-34(54)24(49)15-21(2)57-40)36-31(28(19-47)60-38)27(59-36)17-26(51)33(53)32(52)23(4)48/h21-41,47-55H,1,8-19H2,2-7H3/t21?,22?,23?,24?,25?,26?,27?,28?,29-,30-,31?,32?,33?,34?,35?,36?,37?,38?,39+,40?,41?,43+,44+,45+,46-/m0/s1. The van der Waals surface area contributed by atoms with Crippen LogP contribution in [-0.4, -0.2) is 174 Å². The molecular formula is C46H74O17. The molecule has 6 aliphatic heterocycles. The molecule has 9 rings (SSSR count). The van der Waals surface area contributed by atoms with E-state index in [0.717, 1.165) is 24.8 Å². The van der Waals surface area contributed by atoms with Gasteiger partial charge in [-0.1, -0.05) is 19.9 Å². The van der Waals surface area contributed by atoms with Crippen LogP contribution in [0.1, 0.15) is 112 Å². The van der Waals surface area contributed by atoms with Crippen LogP contribution in [0.15, 0.2) is 12.2 Å². The number of carbonyl (C=O) groups excluding carboxylic acids is 1. The summed E-state index contributed by atoms with van der Waals surface area (Å²) >= 11 is 0. The molecule has 18 unspecified atom stereocenters. The van der Waals surface area contributed by atoms with Gasteiger partial charge < -0.3 is 79.1 Å². The van der Waals surface area contributed by atoms with E-state index in [4.69, 9.17) is 33.2 Å². The maximum absolute atomic E-state index is 14.5. The van der Waals surface area contributed by atoms with Crippen molar-refractivity contribution in [1.82, 2.24) is 0 Å². The first-order valence-corrected chi connectivity index (χ1v) is 23.5. The molecule has 0 amide bonds. The Hall–Kier alpha value is -1.39. The van der Waals surface area contributed by atoms with Gasteiger partial charge in [0.05, 0.1) is 78.7 Å². The second kappa shape index (κ2) is 17.6. The van der Waals surface area contributed by atoms with Gasteiger partial charge in [-0.2, -0.15) is 0 Å². The Balaban J connectivity index is 1.13. The Bertz CT molecular complexity index is 1670. The molecule has 6 saturated heterocycles. The normalized spacial score (nSPS) is 52.8. The van der Waals surface area contributed by atoms with Gasteiger partial charge in [0.25, 0.3) is 0 Å². The fraction of sp³-hybridized carbons (Fsp3) is 0.935. The van der Waals surface area contributed by atoms with Gasteiger partial charge in [-0.15, -0.1) is 0 Å². The maximum atomic E-state index is 14.5. The molecule has 1 spiro atoms.